The van der Waals surface area contributed by atoms with Crippen molar-refractivity contribution in [1.29, 1.82) is 0 Å². The molecule has 0 fully saturated rings. The Morgan fingerprint density at radius 2 is 0.788 bits per heavy atom. The first kappa shape index (κ1) is 28.7. The minimum Gasteiger partial charge on any atom is -0.481 e. The summed E-state index contributed by atoms with van der Waals surface area (Å²) in [5.74, 6) is -13.9. The molecule has 0 saturated heterocycles. The van der Waals surface area contributed by atoms with Crippen LogP contribution in [0.2, 0.25) is 0 Å². The van der Waals surface area contributed by atoms with Crippen molar-refractivity contribution in [1.82, 2.24) is 0 Å². The summed E-state index contributed by atoms with van der Waals surface area (Å²) in [7, 11) is 0. The van der Waals surface area contributed by atoms with Crippen LogP contribution in [0.4, 0.5) is 0 Å². The molecule has 17 heteroatoms. The molecule has 6 N–H and O–H groups in total. The molecule has 0 rings (SSSR count). The summed E-state index contributed by atoms with van der Waals surface area (Å²) in [6, 6.07) is 0. The minimum absolute atomic E-state index is 1.15. The predicted octanol–water partition coefficient (Wildman–Crippen LogP) is -2.93. The third-order valence-corrected chi connectivity index (χ3v) is 3.36. The van der Waals surface area contributed by atoms with E-state index in [1.807, 2.05) is 0 Å². The quantitative estimate of drug-likeness (QED) is 0.100. The summed E-state index contributed by atoms with van der Waals surface area (Å²) in [5.41, 5.74) is 0. The molecule has 184 valence electrons. The van der Waals surface area contributed by atoms with Crippen LogP contribution in [-0.4, -0.2) is 103 Å². The third kappa shape index (κ3) is 11.6. The number of carboxylic acid groups (broad SMARTS) is 5. The Balaban J connectivity index is 5.06. The number of ether oxygens (including phenoxy) is 3. The molecule has 0 bridgehead atoms. The van der Waals surface area contributed by atoms with E-state index in [1.54, 1.807) is 0 Å². The molecule has 0 aromatic heterocycles. The average molecular weight is 482 g/mol. The SMILES string of the molecule is O=C(O)C[C@H](OC(=O)C[C@H](OC(=O)C[C@H](OC(=O)C[C@H](O)C(=O)O)C(=O)O)C(=O)O)C(=O)O. The van der Waals surface area contributed by atoms with Crippen LogP contribution in [0.1, 0.15) is 25.7 Å². The fourth-order valence-corrected chi connectivity index (χ4v) is 1.87. The second-order valence-electron chi connectivity index (χ2n) is 6.01. The number of hydrogen-bond acceptors (Lipinski definition) is 12. The van der Waals surface area contributed by atoms with E-state index in [0.717, 1.165) is 0 Å². The molecular formula is C16H18O17. The summed E-state index contributed by atoms with van der Waals surface area (Å²) in [6.45, 7) is 0. The van der Waals surface area contributed by atoms with Gasteiger partial charge in [-0.2, -0.15) is 0 Å². The lowest BCUT2D eigenvalue weighted by Crippen LogP contribution is -2.36. The number of rotatable bonds is 15. The van der Waals surface area contributed by atoms with E-state index in [0.29, 0.717) is 0 Å². The predicted molar refractivity (Wildman–Crippen MR) is 92.3 cm³/mol. The molecule has 0 unspecified atom stereocenters. The molecule has 0 heterocycles. The number of aliphatic hydroxyl groups is 1. The van der Waals surface area contributed by atoms with Crippen LogP contribution in [0.5, 0.6) is 0 Å². The molecular weight excluding hydrogens is 464 g/mol. The summed E-state index contributed by atoms with van der Waals surface area (Å²) < 4.78 is 13.0. The van der Waals surface area contributed by atoms with Gasteiger partial charge in [0, 0.05) is 0 Å². The monoisotopic (exact) mass is 482 g/mol. The van der Waals surface area contributed by atoms with Gasteiger partial charge in [-0.3, -0.25) is 19.2 Å². The number of esters is 3. The van der Waals surface area contributed by atoms with Gasteiger partial charge in [0.25, 0.3) is 0 Å². The van der Waals surface area contributed by atoms with E-state index in [9.17, 15) is 38.4 Å². The summed E-state index contributed by atoms with van der Waals surface area (Å²) in [4.78, 5) is 89.1. The van der Waals surface area contributed by atoms with Gasteiger partial charge in [0.1, 0.15) is 0 Å². The van der Waals surface area contributed by atoms with Crippen molar-refractivity contribution >= 4 is 47.8 Å². The molecule has 0 aliphatic carbocycles. The highest BCUT2D eigenvalue weighted by atomic mass is 16.6. The molecule has 4 atom stereocenters. The Kier molecular flexibility index (Phi) is 11.5. The van der Waals surface area contributed by atoms with Crippen LogP contribution in [0, 0.1) is 0 Å². The molecule has 0 aromatic rings. The second kappa shape index (κ2) is 13.2. The first-order valence-corrected chi connectivity index (χ1v) is 8.53. The number of carbonyl (C=O) groups is 8. The summed E-state index contributed by atoms with van der Waals surface area (Å²) >= 11 is 0. The van der Waals surface area contributed by atoms with Gasteiger partial charge in [-0.1, -0.05) is 0 Å². The Labute approximate surface area is 182 Å². The number of carboxylic acids is 5. The summed E-state index contributed by atoms with van der Waals surface area (Å²) in [6.07, 6.45) is -13.9. The lowest BCUT2D eigenvalue weighted by atomic mass is 10.2. The topological polar surface area (TPSA) is 286 Å². The van der Waals surface area contributed by atoms with E-state index in [-0.39, 0.29) is 0 Å². The largest absolute Gasteiger partial charge is 0.481 e. The molecule has 0 aliphatic rings. The van der Waals surface area contributed by atoms with Crippen molar-refractivity contribution < 1.29 is 83.2 Å². The highest BCUT2D eigenvalue weighted by Gasteiger charge is 2.33. The van der Waals surface area contributed by atoms with Crippen LogP contribution in [0.3, 0.4) is 0 Å². The number of aliphatic carboxylic acids is 5. The van der Waals surface area contributed by atoms with Crippen molar-refractivity contribution in [2.24, 2.45) is 0 Å². The molecule has 0 amide bonds. The Bertz CT molecular complexity index is 814. The smallest absolute Gasteiger partial charge is 0.345 e. The maximum atomic E-state index is 11.8. The first-order valence-electron chi connectivity index (χ1n) is 8.53. The van der Waals surface area contributed by atoms with Crippen molar-refractivity contribution in [3.8, 4) is 0 Å². The highest BCUT2D eigenvalue weighted by Crippen LogP contribution is 2.10. The van der Waals surface area contributed by atoms with Gasteiger partial charge >= 0.3 is 47.8 Å². The molecule has 0 aromatic carbocycles. The zero-order valence-electron chi connectivity index (χ0n) is 16.3. The van der Waals surface area contributed by atoms with Gasteiger partial charge in [-0.05, 0) is 0 Å². The normalized spacial score (nSPS) is 14.0. The van der Waals surface area contributed by atoms with Crippen molar-refractivity contribution in [2.75, 3.05) is 0 Å². The van der Waals surface area contributed by atoms with E-state index in [4.69, 9.17) is 30.6 Å². The highest BCUT2D eigenvalue weighted by molar-refractivity contribution is 5.88. The fourth-order valence-electron chi connectivity index (χ4n) is 1.87. The lowest BCUT2D eigenvalue weighted by Gasteiger charge is -2.17. The Morgan fingerprint density at radius 3 is 1.06 bits per heavy atom. The standard InChI is InChI=1S/C16H18O17/c17-5(13(23)24)1-10(20)32-7(15(27)28)3-12(22)33-8(16(29)30)4-11(21)31-6(14(25)26)2-9(18)19/h5-8,17H,1-4H2,(H,18,19)(H,23,24)(H,25,26)(H,27,28)(H,29,30)/t5-,6-,7-,8-/m0/s1. The van der Waals surface area contributed by atoms with E-state index >= 15 is 0 Å². The molecule has 17 nitrogen and oxygen atoms in total. The van der Waals surface area contributed by atoms with Gasteiger partial charge in [0.2, 0.25) is 18.3 Å². The second-order valence-corrected chi connectivity index (χ2v) is 6.01. The van der Waals surface area contributed by atoms with Crippen LogP contribution >= 0.6 is 0 Å². The third-order valence-electron chi connectivity index (χ3n) is 3.36. The van der Waals surface area contributed by atoms with Gasteiger partial charge in [0.05, 0.1) is 25.7 Å². The van der Waals surface area contributed by atoms with Gasteiger partial charge in [-0.15, -0.1) is 0 Å². The van der Waals surface area contributed by atoms with Crippen LogP contribution in [0.25, 0.3) is 0 Å². The molecule has 0 aliphatic heterocycles. The average Bonchev–Trinajstić information content (AvgIpc) is 2.65. The molecule has 0 spiro atoms. The van der Waals surface area contributed by atoms with Crippen molar-refractivity contribution in [2.45, 2.75) is 50.1 Å². The Hall–Kier alpha value is -4.28. The Morgan fingerprint density at radius 1 is 0.485 bits per heavy atom. The number of carbonyl (C=O) groups excluding carboxylic acids is 3. The zero-order chi connectivity index (χ0) is 25.9. The lowest BCUT2D eigenvalue weighted by molar-refractivity contribution is -0.178. The molecule has 0 radical (unpaired) electrons. The van der Waals surface area contributed by atoms with Gasteiger partial charge in [0.15, 0.2) is 6.10 Å². The maximum Gasteiger partial charge on any atom is 0.345 e. The van der Waals surface area contributed by atoms with Crippen LogP contribution < -0.4 is 0 Å². The fraction of sp³-hybridized carbons (Fsp3) is 0.500. The molecule has 0 saturated carbocycles. The van der Waals surface area contributed by atoms with E-state index < -0.39 is 97.9 Å². The van der Waals surface area contributed by atoms with Gasteiger partial charge in [-0.25, -0.2) is 19.2 Å². The zero-order valence-corrected chi connectivity index (χ0v) is 16.3. The van der Waals surface area contributed by atoms with Crippen molar-refractivity contribution in [3.05, 3.63) is 0 Å². The van der Waals surface area contributed by atoms with Crippen molar-refractivity contribution in [3.63, 3.8) is 0 Å². The van der Waals surface area contributed by atoms with E-state index in [2.05, 4.69) is 14.2 Å². The minimum atomic E-state index is -2.32. The van der Waals surface area contributed by atoms with Gasteiger partial charge < -0.3 is 44.8 Å². The maximum absolute atomic E-state index is 11.8. The van der Waals surface area contributed by atoms with Crippen LogP contribution in [0.15, 0.2) is 0 Å². The number of aliphatic hydroxyl groups excluding tert-OH is 1. The first-order chi connectivity index (χ1) is 15.1. The number of hydrogen-bond donors (Lipinski definition) is 6. The molecule has 33 heavy (non-hydrogen) atoms. The van der Waals surface area contributed by atoms with E-state index in [1.165, 1.54) is 0 Å². The summed E-state index contributed by atoms with van der Waals surface area (Å²) in [5, 5.41) is 52.8. The van der Waals surface area contributed by atoms with Crippen LogP contribution in [-0.2, 0) is 52.6 Å².